The van der Waals surface area contributed by atoms with Gasteiger partial charge in [0.25, 0.3) is 0 Å². The molecule has 0 spiro atoms. The maximum absolute atomic E-state index is 12.5. The Morgan fingerprint density at radius 2 is 2.29 bits per heavy atom. The zero-order valence-corrected chi connectivity index (χ0v) is 13.9. The molecule has 1 N–H and O–H groups in total. The summed E-state index contributed by atoms with van der Waals surface area (Å²) in [4.78, 5) is 14.3. The van der Waals surface area contributed by atoms with E-state index in [-0.39, 0.29) is 19.1 Å². The van der Waals surface area contributed by atoms with Gasteiger partial charge in [-0.2, -0.15) is 5.10 Å². The van der Waals surface area contributed by atoms with Crippen LogP contribution in [0.15, 0.2) is 42.7 Å². The fourth-order valence-electron chi connectivity index (χ4n) is 3.14. The van der Waals surface area contributed by atoms with Gasteiger partial charge in [-0.05, 0) is 18.6 Å². The molecule has 1 atom stereocenters. The largest absolute Gasteiger partial charge is 0.393 e. The van der Waals surface area contributed by atoms with Crippen LogP contribution in [0.2, 0.25) is 0 Å². The monoisotopic (exact) mass is 329 g/mol. The molecule has 128 valence electrons. The Kier molecular flexibility index (Phi) is 4.97. The average molecular weight is 329 g/mol. The molecule has 0 saturated carbocycles. The van der Waals surface area contributed by atoms with E-state index in [2.05, 4.69) is 11.2 Å². The summed E-state index contributed by atoms with van der Waals surface area (Å²) < 4.78 is 7.52. The Labute approximate surface area is 141 Å². The van der Waals surface area contributed by atoms with E-state index in [0.29, 0.717) is 26.1 Å². The number of hydrogen-bond acceptors (Lipinski definition) is 4. The molecule has 24 heavy (non-hydrogen) atoms. The summed E-state index contributed by atoms with van der Waals surface area (Å²) in [6.07, 6.45) is 4.00. The Bertz CT molecular complexity index is 687. The highest BCUT2D eigenvalue weighted by Crippen LogP contribution is 2.24. The number of carbonyl (C=O) groups excluding carboxylic acids is 1. The molecule has 3 rings (SSSR count). The van der Waals surface area contributed by atoms with Crippen LogP contribution in [-0.2, 0) is 22.5 Å². The van der Waals surface area contributed by atoms with Crippen molar-refractivity contribution in [2.24, 2.45) is 0 Å². The van der Waals surface area contributed by atoms with E-state index >= 15 is 0 Å². The molecule has 1 aromatic carbocycles. The molecule has 6 nitrogen and oxygen atoms in total. The van der Waals surface area contributed by atoms with Crippen molar-refractivity contribution < 1.29 is 14.6 Å². The van der Waals surface area contributed by atoms with Gasteiger partial charge in [0.1, 0.15) is 12.1 Å². The molecule has 1 amide bonds. The van der Waals surface area contributed by atoms with E-state index in [1.165, 1.54) is 5.56 Å². The van der Waals surface area contributed by atoms with Gasteiger partial charge >= 0.3 is 0 Å². The second kappa shape index (κ2) is 7.15. The number of aryl methyl sites for hydroxylation is 1. The van der Waals surface area contributed by atoms with Crippen molar-refractivity contribution in [3.8, 4) is 0 Å². The highest BCUT2D eigenvalue weighted by molar-refractivity contribution is 5.76. The highest BCUT2D eigenvalue weighted by Gasteiger charge is 2.38. The lowest BCUT2D eigenvalue weighted by molar-refractivity contribution is -0.158. The summed E-state index contributed by atoms with van der Waals surface area (Å²) in [5.41, 5.74) is 1.53. The molecule has 0 radical (unpaired) electrons. The fraction of sp³-hybridized carbons (Fsp3) is 0.444. The van der Waals surface area contributed by atoms with Crippen LogP contribution in [0.5, 0.6) is 0 Å². The van der Waals surface area contributed by atoms with Crippen molar-refractivity contribution in [1.82, 2.24) is 14.7 Å². The van der Waals surface area contributed by atoms with E-state index in [4.69, 9.17) is 4.74 Å². The highest BCUT2D eigenvalue weighted by atomic mass is 16.5. The summed E-state index contributed by atoms with van der Waals surface area (Å²) in [5, 5.41) is 14.0. The molecule has 1 aliphatic heterocycles. The molecule has 6 heteroatoms. The predicted molar refractivity (Wildman–Crippen MR) is 89.5 cm³/mol. The molecular formula is C18H23N3O3. The van der Waals surface area contributed by atoms with Crippen LogP contribution in [-0.4, -0.2) is 57.6 Å². The van der Waals surface area contributed by atoms with Crippen molar-refractivity contribution in [2.75, 3.05) is 26.3 Å². The van der Waals surface area contributed by atoms with E-state index in [1.54, 1.807) is 28.0 Å². The third-order valence-electron chi connectivity index (χ3n) is 4.35. The Morgan fingerprint density at radius 3 is 3.00 bits per heavy atom. The number of nitrogens with zero attached hydrogens (tertiary/aromatic N) is 3. The van der Waals surface area contributed by atoms with Gasteiger partial charge < -0.3 is 14.7 Å². The summed E-state index contributed by atoms with van der Waals surface area (Å²) in [5.74, 6) is -0.0101. The van der Waals surface area contributed by atoms with Crippen LogP contribution < -0.4 is 0 Å². The summed E-state index contributed by atoms with van der Waals surface area (Å²) in [6.45, 7) is 3.48. The minimum Gasteiger partial charge on any atom is -0.393 e. The topological polar surface area (TPSA) is 67.6 Å². The predicted octanol–water partition coefficient (Wildman–Crippen LogP) is 1.02. The van der Waals surface area contributed by atoms with Crippen LogP contribution in [0, 0.1) is 6.92 Å². The van der Waals surface area contributed by atoms with Gasteiger partial charge in [-0.15, -0.1) is 0 Å². The molecule has 0 bridgehead atoms. The Balaban J connectivity index is 1.70. The molecule has 0 aliphatic carbocycles. The molecule has 1 saturated heterocycles. The van der Waals surface area contributed by atoms with Crippen LogP contribution in [0.4, 0.5) is 0 Å². The molecule has 2 heterocycles. The third-order valence-corrected chi connectivity index (χ3v) is 4.35. The number of aromatic nitrogens is 2. The Morgan fingerprint density at radius 1 is 1.42 bits per heavy atom. The minimum atomic E-state index is -0.744. The zero-order chi connectivity index (χ0) is 17.0. The first-order valence-electron chi connectivity index (χ1n) is 8.16. The maximum Gasteiger partial charge on any atom is 0.244 e. The summed E-state index contributed by atoms with van der Waals surface area (Å²) in [6, 6.07) is 9.95. The molecule has 1 fully saturated rings. The van der Waals surface area contributed by atoms with Gasteiger partial charge in [0.2, 0.25) is 5.91 Å². The fourth-order valence-corrected chi connectivity index (χ4v) is 3.14. The SMILES string of the molecule is Cc1cccc(CC2(CO)CN(C(=O)Cn3cccn3)CCO2)c1. The number of amides is 1. The molecule has 1 aliphatic rings. The molecule has 1 aromatic heterocycles. The number of aliphatic hydroxyl groups excluding tert-OH is 1. The van der Waals surface area contributed by atoms with Crippen molar-refractivity contribution in [3.05, 3.63) is 53.9 Å². The second-order valence-corrected chi connectivity index (χ2v) is 6.37. The van der Waals surface area contributed by atoms with Crippen LogP contribution in [0.3, 0.4) is 0 Å². The van der Waals surface area contributed by atoms with Crippen molar-refractivity contribution >= 4 is 5.91 Å². The van der Waals surface area contributed by atoms with Gasteiger partial charge in [0.15, 0.2) is 0 Å². The van der Waals surface area contributed by atoms with Gasteiger partial charge in [-0.25, -0.2) is 0 Å². The number of rotatable bonds is 5. The van der Waals surface area contributed by atoms with Crippen molar-refractivity contribution in [1.29, 1.82) is 0 Å². The first-order valence-corrected chi connectivity index (χ1v) is 8.16. The first-order chi connectivity index (χ1) is 11.6. The van der Waals surface area contributed by atoms with E-state index < -0.39 is 5.60 Å². The van der Waals surface area contributed by atoms with Crippen LogP contribution >= 0.6 is 0 Å². The number of morpholine rings is 1. The Hall–Kier alpha value is -2.18. The molecular weight excluding hydrogens is 306 g/mol. The summed E-state index contributed by atoms with van der Waals surface area (Å²) in [7, 11) is 0. The lowest BCUT2D eigenvalue weighted by Gasteiger charge is -2.42. The summed E-state index contributed by atoms with van der Waals surface area (Å²) >= 11 is 0. The molecule has 2 aromatic rings. The lowest BCUT2D eigenvalue weighted by atomic mass is 9.92. The van der Waals surface area contributed by atoms with Crippen LogP contribution in [0.25, 0.3) is 0 Å². The zero-order valence-electron chi connectivity index (χ0n) is 13.9. The third kappa shape index (κ3) is 3.83. The number of carbonyl (C=O) groups is 1. The van der Waals surface area contributed by atoms with Gasteiger partial charge in [0, 0.05) is 25.4 Å². The van der Waals surface area contributed by atoms with Crippen molar-refractivity contribution in [2.45, 2.75) is 25.5 Å². The smallest absolute Gasteiger partial charge is 0.244 e. The maximum atomic E-state index is 12.5. The average Bonchev–Trinajstić information content (AvgIpc) is 3.08. The molecule has 1 unspecified atom stereocenters. The quantitative estimate of drug-likeness (QED) is 0.889. The lowest BCUT2D eigenvalue weighted by Crippen LogP contribution is -2.57. The number of aliphatic hydroxyl groups is 1. The van der Waals surface area contributed by atoms with Gasteiger partial charge in [-0.1, -0.05) is 29.8 Å². The van der Waals surface area contributed by atoms with Gasteiger partial charge in [0.05, 0.1) is 19.8 Å². The van der Waals surface area contributed by atoms with E-state index in [1.807, 2.05) is 25.1 Å². The number of hydrogen-bond donors (Lipinski definition) is 1. The standard InChI is InChI=1S/C18H23N3O3/c1-15-4-2-5-16(10-15)11-18(14-22)13-20(8-9-24-18)17(23)12-21-7-3-6-19-21/h2-7,10,22H,8-9,11-14H2,1H3. The number of ether oxygens (including phenoxy) is 1. The normalized spacial score (nSPS) is 21.0. The number of benzene rings is 1. The minimum absolute atomic E-state index is 0.0101. The first kappa shape index (κ1) is 16.7. The van der Waals surface area contributed by atoms with E-state index in [9.17, 15) is 9.90 Å². The second-order valence-electron chi connectivity index (χ2n) is 6.37. The van der Waals surface area contributed by atoms with Crippen LogP contribution in [0.1, 0.15) is 11.1 Å². The van der Waals surface area contributed by atoms with Crippen molar-refractivity contribution in [3.63, 3.8) is 0 Å². The van der Waals surface area contributed by atoms with Gasteiger partial charge in [-0.3, -0.25) is 9.48 Å². The van der Waals surface area contributed by atoms with E-state index in [0.717, 1.165) is 5.56 Å².